The Balaban J connectivity index is 0. The highest BCUT2D eigenvalue weighted by Gasteiger charge is 0.0000300. The van der Waals surface area contributed by atoms with Crippen LogP contribution in [0.25, 0.3) is 0 Å². The number of rotatable bonds is 0. The van der Waals surface area contributed by atoms with Crippen LogP contribution in [-0.4, -0.2) is 88.8 Å². The van der Waals surface area contributed by atoms with Crippen LogP contribution in [0.3, 0.4) is 0 Å². The lowest BCUT2D eigenvalue weighted by atomic mass is 16.0. The van der Waals surface area contributed by atoms with E-state index in [0.717, 1.165) is 0 Å². The van der Waals surface area contributed by atoms with Gasteiger partial charge in [0, 0.05) is 23.1 Å². The molecule has 0 spiro atoms. The minimum absolute atomic E-state index is 0. The topological polar surface area (TPSA) is 378 Å². The Hall–Kier alpha value is 0.286. The van der Waals surface area contributed by atoms with Crippen molar-refractivity contribution in [1.29, 1.82) is 0 Å². The molecule has 0 aromatic rings. The first-order valence-electron chi connectivity index (χ1n) is 0. The molecule has 0 aliphatic heterocycles. The van der Waals surface area contributed by atoms with E-state index in [1.807, 2.05) is 0 Å². The third-order valence-electron chi connectivity index (χ3n) is 0. The minimum atomic E-state index is 0. The van der Waals surface area contributed by atoms with Gasteiger partial charge < -0.3 is 65.7 Å². The molecule has 0 aromatic heterocycles. The largest absolute Gasteiger partial charge is 0.412 e. The molecule has 0 aromatic carbocycles. The predicted octanol–water partition coefficient (Wildman–Crippen LogP) is -10.3. The van der Waals surface area contributed by atoms with Gasteiger partial charge in [-0.25, -0.2) is 0 Å². The maximum Gasteiger partial charge on any atom is 0 e. The number of hydrogen-bond acceptors (Lipinski definition) is 0. The molecule has 2 radical (unpaired) electrons. The van der Waals surface area contributed by atoms with Crippen molar-refractivity contribution in [1.82, 2.24) is 0 Å². The maximum atomic E-state index is 0. The molecular formula is H24MgO12. The second kappa shape index (κ2) is 19100. The van der Waals surface area contributed by atoms with Crippen LogP contribution < -0.4 is 0 Å². The van der Waals surface area contributed by atoms with Crippen LogP contribution in [0.4, 0.5) is 0 Å². The zero-order chi connectivity index (χ0) is 0. The van der Waals surface area contributed by atoms with E-state index < -0.39 is 0 Å². The molecule has 0 aliphatic rings. The second-order valence-corrected chi connectivity index (χ2v) is 0. The summed E-state index contributed by atoms with van der Waals surface area (Å²) in [6.45, 7) is 0. The van der Waals surface area contributed by atoms with Gasteiger partial charge in [-0.15, -0.1) is 0 Å². The summed E-state index contributed by atoms with van der Waals surface area (Å²) in [5, 5.41) is 0. The van der Waals surface area contributed by atoms with Crippen molar-refractivity contribution in [3.8, 4) is 0 Å². The molecule has 0 fully saturated rings. The molecule has 0 saturated heterocycles. The van der Waals surface area contributed by atoms with E-state index in [0.29, 0.717) is 0 Å². The van der Waals surface area contributed by atoms with E-state index in [4.69, 9.17) is 0 Å². The molecular weight excluding hydrogens is 216 g/mol. The van der Waals surface area contributed by atoms with Gasteiger partial charge in [-0.3, -0.25) is 0 Å². The Morgan fingerprint density at radius 1 is 0.154 bits per heavy atom. The summed E-state index contributed by atoms with van der Waals surface area (Å²) < 4.78 is 0. The SMILES string of the molecule is O.O.O.O.O.O.O.O.O.O.O.O.[Mg]. The van der Waals surface area contributed by atoms with Crippen LogP contribution in [-0.2, 0) is 0 Å². The zero-order valence-corrected chi connectivity index (χ0v) is 8.12. The van der Waals surface area contributed by atoms with Crippen molar-refractivity contribution in [3.63, 3.8) is 0 Å². The van der Waals surface area contributed by atoms with Crippen LogP contribution >= 0.6 is 0 Å². The summed E-state index contributed by atoms with van der Waals surface area (Å²) in [6, 6.07) is 0. The average molecular weight is 240 g/mol. The van der Waals surface area contributed by atoms with Gasteiger partial charge in [0.1, 0.15) is 0 Å². The molecule has 13 heavy (non-hydrogen) atoms. The fraction of sp³-hybridized carbons (Fsp3) is 0. The Labute approximate surface area is 89.4 Å². The first-order chi connectivity index (χ1) is 0. The van der Waals surface area contributed by atoms with Crippen molar-refractivity contribution in [2.24, 2.45) is 0 Å². The summed E-state index contributed by atoms with van der Waals surface area (Å²) in [6.07, 6.45) is 0. The van der Waals surface area contributed by atoms with Crippen LogP contribution in [0.1, 0.15) is 0 Å². The highest BCUT2D eigenvalue weighted by atomic mass is 24.3. The van der Waals surface area contributed by atoms with E-state index in [2.05, 4.69) is 0 Å². The van der Waals surface area contributed by atoms with Gasteiger partial charge in [0.15, 0.2) is 0 Å². The van der Waals surface area contributed by atoms with E-state index in [9.17, 15) is 0 Å². The third-order valence-corrected chi connectivity index (χ3v) is 0. The molecule has 0 saturated carbocycles. The van der Waals surface area contributed by atoms with Crippen molar-refractivity contribution >= 4 is 23.1 Å². The van der Waals surface area contributed by atoms with Crippen molar-refractivity contribution in [3.05, 3.63) is 0 Å². The third kappa shape index (κ3) is 15900. The van der Waals surface area contributed by atoms with Crippen molar-refractivity contribution in [2.75, 3.05) is 0 Å². The fourth-order valence-corrected chi connectivity index (χ4v) is 0. The molecule has 0 bridgehead atoms. The molecule has 0 heterocycles. The van der Waals surface area contributed by atoms with Gasteiger partial charge in [-0.05, 0) is 0 Å². The molecule has 0 atom stereocenters. The highest BCUT2D eigenvalue weighted by molar-refractivity contribution is 5.75. The summed E-state index contributed by atoms with van der Waals surface area (Å²) >= 11 is 0. The van der Waals surface area contributed by atoms with Crippen LogP contribution in [0.15, 0.2) is 0 Å². The molecule has 12 nitrogen and oxygen atoms in total. The van der Waals surface area contributed by atoms with Gasteiger partial charge in [-0.2, -0.15) is 0 Å². The fourth-order valence-electron chi connectivity index (χ4n) is 0. The molecule has 0 aliphatic carbocycles. The standard InChI is InChI=1S/Mg.12H2O/h;12*1H2. The normalized spacial score (nSPS) is 0. The average Bonchev–Trinajstić information content (AvgIpc) is 0. The predicted molar refractivity (Wildman–Crippen MR) is 49.1 cm³/mol. The van der Waals surface area contributed by atoms with Gasteiger partial charge in [0.2, 0.25) is 0 Å². The van der Waals surface area contributed by atoms with Gasteiger partial charge >= 0.3 is 0 Å². The van der Waals surface area contributed by atoms with Gasteiger partial charge in [0.25, 0.3) is 0 Å². The Morgan fingerprint density at radius 2 is 0.154 bits per heavy atom. The van der Waals surface area contributed by atoms with Crippen molar-refractivity contribution in [2.45, 2.75) is 0 Å². The van der Waals surface area contributed by atoms with E-state index >= 15 is 0 Å². The Bertz CT molecular complexity index is 5.09. The van der Waals surface area contributed by atoms with Crippen LogP contribution in [0.5, 0.6) is 0 Å². The molecule has 0 unspecified atom stereocenters. The zero-order valence-electron chi connectivity index (χ0n) is 6.71. The molecule has 24 N–H and O–H groups in total. The first kappa shape index (κ1) is 24500. The first-order valence-corrected chi connectivity index (χ1v) is 0. The van der Waals surface area contributed by atoms with E-state index in [1.165, 1.54) is 0 Å². The van der Waals surface area contributed by atoms with Crippen molar-refractivity contribution < 1.29 is 65.7 Å². The molecule has 13 heteroatoms. The molecule has 0 rings (SSSR count). The number of hydrogen-bond donors (Lipinski definition) is 0. The monoisotopic (exact) mass is 240 g/mol. The molecule has 98 valence electrons. The lowest BCUT2D eigenvalue weighted by Crippen LogP contribution is -0.381. The maximum absolute atomic E-state index is 0. The summed E-state index contributed by atoms with van der Waals surface area (Å²) in [4.78, 5) is 0. The smallest absolute Gasteiger partial charge is 0 e. The van der Waals surface area contributed by atoms with E-state index in [1.54, 1.807) is 0 Å². The molecule has 0 amide bonds. The van der Waals surface area contributed by atoms with Gasteiger partial charge in [0.05, 0.1) is 0 Å². The Morgan fingerprint density at radius 3 is 0.154 bits per heavy atom. The summed E-state index contributed by atoms with van der Waals surface area (Å²) in [7, 11) is 0. The lowest BCUT2D eigenvalue weighted by Gasteiger charge is -0.413. The van der Waals surface area contributed by atoms with E-state index in [-0.39, 0.29) is 88.8 Å². The second-order valence-electron chi connectivity index (χ2n) is 0. The van der Waals surface area contributed by atoms with Crippen LogP contribution in [0.2, 0.25) is 0 Å². The highest BCUT2D eigenvalue weighted by Crippen LogP contribution is -0.278. The van der Waals surface area contributed by atoms with Crippen LogP contribution in [0, 0.1) is 0 Å². The lowest BCUT2D eigenvalue weighted by molar-refractivity contribution is 0.823. The summed E-state index contributed by atoms with van der Waals surface area (Å²) in [5.41, 5.74) is 0. The minimum Gasteiger partial charge on any atom is -0.412 e. The summed E-state index contributed by atoms with van der Waals surface area (Å²) in [5.74, 6) is 0. The quantitative estimate of drug-likeness (QED) is 0.355. The Kier molecular flexibility index (Phi) is 36000000. The van der Waals surface area contributed by atoms with Gasteiger partial charge in [-0.1, -0.05) is 0 Å².